The predicted molar refractivity (Wildman–Crippen MR) is 251 cm³/mol. The fourth-order valence-electron chi connectivity index (χ4n) is 8.30. The second-order valence-corrected chi connectivity index (χ2v) is 17.7. The van der Waals surface area contributed by atoms with Crippen LogP contribution in [0.5, 0.6) is 0 Å². The molecular formula is C48H44Cl4F6N6O2. The van der Waals surface area contributed by atoms with Gasteiger partial charge in [-0.15, -0.1) is 0 Å². The Bertz CT molecular complexity index is 2420. The van der Waals surface area contributed by atoms with E-state index in [0.717, 1.165) is 57.9 Å². The van der Waals surface area contributed by atoms with Crippen LogP contribution in [0.1, 0.15) is 24.0 Å². The molecule has 6 aromatic rings. The van der Waals surface area contributed by atoms with Gasteiger partial charge in [-0.3, -0.25) is 9.97 Å². The summed E-state index contributed by atoms with van der Waals surface area (Å²) < 4.78 is 89.8. The first-order chi connectivity index (χ1) is 31.3. The van der Waals surface area contributed by atoms with Crippen molar-refractivity contribution in [1.29, 1.82) is 0 Å². The molecule has 2 aliphatic heterocycles. The van der Waals surface area contributed by atoms with Crippen molar-refractivity contribution in [2.24, 2.45) is 11.5 Å². The Hall–Kier alpha value is -4.64. The van der Waals surface area contributed by atoms with Crippen molar-refractivity contribution in [1.82, 2.24) is 9.97 Å². The summed E-state index contributed by atoms with van der Waals surface area (Å²) in [5.41, 5.74) is 18.3. The van der Waals surface area contributed by atoms with Gasteiger partial charge in [0.1, 0.15) is 0 Å². The Morgan fingerprint density at radius 2 is 0.803 bits per heavy atom. The number of aromatic nitrogens is 2. The molecule has 8 rings (SSSR count). The lowest BCUT2D eigenvalue weighted by Crippen LogP contribution is -2.51. The molecule has 2 aliphatic rings. The van der Waals surface area contributed by atoms with Gasteiger partial charge in [0.05, 0.1) is 34.7 Å². The van der Waals surface area contributed by atoms with Crippen LogP contribution < -0.4 is 21.3 Å². The number of hydrogen-bond donors (Lipinski definition) is 2. The first-order valence-corrected chi connectivity index (χ1v) is 22.2. The molecule has 0 radical (unpaired) electrons. The van der Waals surface area contributed by atoms with Crippen LogP contribution in [0, 0.1) is 0 Å². The molecule has 2 saturated heterocycles. The van der Waals surface area contributed by atoms with E-state index in [-0.39, 0.29) is 24.3 Å². The lowest BCUT2D eigenvalue weighted by molar-refractivity contribution is -0.138. The third-order valence-corrected chi connectivity index (χ3v) is 12.6. The minimum Gasteiger partial charge on any atom is -0.378 e. The van der Waals surface area contributed by atoms with Crippen LogP contribution in [0.4, 0.5) is 37.7 Å². The lowest BCUT2D eigenvalue weighted by Gasteiger charge is -2.39. The Morgan fingerprint density at radius 1 is 0.500 bits per heavy atom. The van der Waals surface area contributed by atoms with Gasteiger partial charge in [0, 0.05) is 120 Å². The molecule has 8 nitrogen and oxygen atoms in total. The SMILES string of the molecule is CO[C@@H]1CN(c2c(-c3ccc(C(F)(F)F)cc3)cncc2-c2cc(Cl)cc(Cl)c2)CC[C@@H]1N.CO[C@H]1CN(c2c(-c3ccc(C(F)(F)F)cc3)cncc2-c2cc(Cl)cc(Cl)c2)CC[C@H]1N. The van der Waals surface area contributed by atoms with Crippen LogP contribution in [0.3, 0.4) is 0 Å². The number of halogens is 10. The highest BCUT2D eigenvalue weighted by atomic mass is 35.5. The highest BCUT2D eigenvalue weighted by molar-refractivity contribution is 6.35. The molecule has 0 aliphatic carbocycles. The molecular weight excluding hydrogens is 948 g/mol. The van der Waals surface area contributed by atoms with Gasteiger partial charge in [-0.1, -0.05) is 70.7 Å². The molecule has 2 fully saturated rings. The number of nitrogens with zero attached hydrogens (tertiary/aromatic N) is 4. The van der Waals surface area contributed by atoms with Crippen LogP contribution in [0.15, 0.2) is 110 Å². The summed E-state index contributed by atoms with van der Waals surface area (Å²) in [5.74, 6) is 0. The zero-order valence-electron chi connectivity index (χ0n) is 35.5. The fourth-order valence-corrected chi connectivity index (χ4v) is 9.36. The molecule has 0 bridgehead atoms. The third kappa shape index (κ3) is 11.4. The van der Waals surface area contributed by atoms with Crippen molar-refractivity contribution in [3.05, 3.63) is 141 Å². The number of piperidine rings is 2. The average Bonchev–Trinajstić information content (AvgIpc) is 3.28. The number of benzene rings is 4. The van der Waals surface area contributed by atoms with Gasteiger partial charge in [-0.2, -0.15) is 26.3 Å². The summed E-state index contributed by atoms with van der Waals surface area (Å²) in [6.07, 6.45) is -1.07. The quantitative estimate of drug-likeness (QED) is 0.145. The second kappa shape index (κ2) is 20.7. The van der Waals surface area contributed by atoms with Gasteiger partial charge >= 0.3 is 12.4 Å². The first-order valence-electron chi connectivity index (χ1n) is 20.7. The fraction of sp³-hybridized carbons (Fsp3) is 0.292. The Kier molecular flexibility index (Phi) is 15.5. The molecule has 4 atom stereocenters. The van der Waals surface area contributed by atoms with E-state index in [9.17, 15) is 26.3 Å². The van der Waals surface area contributed by atoms with E-state index >= 15 is 0 Å². The minimum absolute atomic E-state index is 0.105. The highest BCUT2D eigenvalue weighted by Gasteiger charge is 2.34. The zero-order chi connectivity index (χ0) is 47.5. The molecule has 348 valence electrons. The van der Waals surface area contributed by atoms with E-state index in [4.69, 9.17) is 67.3 Å². The minimum atomic E-state index is -4.41. The van der Waals surface area contributed by atoms with E-state index in [1.165, 1.54) is 24.3 Å². The maximum atomic E-state index is 13.1. The van der Waals surface area contributed by atoms with Gasteiger partial charge in [0.25, 0.3) is 0 Å². The smallest absolute Gasteiger partial charge is 0.378 e. The summed E-state index contributed by atoms with van der Waals surface area (Å²) >= 11 is 25.0. The van der Waals surface area contributed by atoms with Crippen LogP contribution in [0.2, 0.25) is 20.1 Å². The van der Waals surface area contributed by atoms with Gasteiger partial charge in [0.2, 0.25) is 0 Å². The summed E-state index contributed by atoms with van der Waals surface area (Å²) in [6.45, 7) is 2.35. The average molecular weight is 993 g/mol. The molecule has 66 heavy (non-hydrogen) atoms. The number of methoxy groups -OCH3 is 2. The van der Waals surface area contributed by atoms with E-state index in [0.29, 0.717) is 81.4 Å². The molecule has 2 aromatic heterocycles. The maximum absolute atomic E-state index is 13.1. The van der Waals surface area contributed by atoms with Gasteiger partial charge in [-0.25, -0.2) is 0 Å². The van der Waals surface area contributed by atoms with E-state index in [1.54, 1.807) is 75.4 Å². The summed E-state index contributed by atoms with van der Waals surface area (Å²) in [4.78, 5) is 13.0. The van der Waals surface area contributed by atoms with Gasteiger partial charge in [-0.05, 0) is 95.8 Å². The summed E-state index contributed by atoms with van der Waals surface area (Å²) in [7, 11) is 3.24. The lowest BCUT2D eigenvalue weighted by atomic mass is 9.94. The van der Waals surface area contributed by atoms with Crippen molar-refractivity contribution >= 4 is 57.8 Å². The highest BCUT2D eigenvalue weighted by Crippen LogP contribution is 2.44. The standard InChI is InChI=1S/2C24H22Cl2F3N3O/c2*1-33-22-13-32(7-6-21(22)30)23-19(14-2-4-16(5-3-14)24(27,28)29)11-31-12-20(23)15-8-17(25)10-18(26)9-15/h2*2-5,8-12,21-22H,6-7,13,30H2,1H3/t2*21-,22+/m10/s1. The molecule has 18 heteroatoms. The normalized spacial score (nSPS) is 19.1. The number of rotatable bonds is 8. The topological polar surface area (TPSA) is 103 Å². The van der Waals surface area contributed by atoms with Crippen LogP contribution in [-0.4, -0.2) is 74.7 Å². The van der Waals surface area contributed by atoms with Crippen molar-refractivity contribution in [3.63, 3.8) is 0 Å². The zero-order valence-corrected chi connectivity index (χ0v) is 38.5. The van der Waals surface area contributed by atoms with E-state index in [1.807, 2.05) is 0 Å². The first kappa shape index (κ1) is 49.3. The van der Waals surface area contributed by atoms with Crippen LogP contribution in [0.25, 0.3) is 44.5 Å². The van der Waals surface area contributed by atoms with Crippen LogP contribution >= 0.6 is 46.4 Å². The Labute approximate surface area is 398 Å². The summed E-state index contributed by atoms with van der Waals surface area (Å²) in [5, 5.41) is 1.88. The number of nitrogens with two attached hydrogens (primary N) is 2. The number of pyridine rings is 2. The van der Waals surface area contributed by atoms with Crippen LogP contribution in [-0.2, 0) is 21.8 Å². The third-order valence-electron chi connectivity index (χ3n) is 11.7. The molecule has 0 spiro atoms. The monoisotopic (exact) mass is 990 g/mol. The number of anilines is 2. The summed E-state index contributed by atoms with van der Waals surface area (Å²) in [6, 6.07) is 20.4. The van der Waals surface area contributed by atoms with Crippen molar-refractivity contribution < 1.29 is 35.8 Å². The molecule has 0 amide bonds. The van der Waals surface area contributed by atoms with E-state index < -0.39 is 23.5 Å². The van der Waals surface area contributed by atoms with E-state index in [2.05, 4.69) is 19.8 Å². The van der Waals surface area contributed by atoms with Crippen molar-refractivity contribution in [2.45, 2.75) is 49.5 Å². The van der Waals surface area contributed by atoms with Gasteiger partial charge in [0.15, 0.2) is 0 Å². The largest absolute Gasteiger partial charge is 0.416 e. The predicted octanol–water partition coefficient (Wildman–Crippen LogP) is 12.6. The van der Waals surface area contributed by atoms with Crippen molar-refractivity contribution in [3.8, 4) is 44.5 Å². The molecule has 4 aromatic carbocycles. The molecule has 0 saturated carbocycles. The Morgan fingerprint density at radius 3 is 1.09 bits per heavy atom. The second-order valence-electron chi connectivity index (χ2n) is 16.0. The van der Waals surface area contributed by atoms with Crippen molar-refractivity contribution in [2.75, 3.05) is 50.2 Å². The maximum Gasteiger partial charge on any atom is 0.416 e. The molecule has 4 heterocycles. The number of ether oxygens (including phenoxy) is 2. The number of alkyl halides is 6. The Balaban J connectivity index is 0.000000196. The van der Waals surface area contributed by atoms with Gasteiger partial charge < -0.3 is 30.7 Å². The molecule has 0 unspecified atom stereocenters. The number of hydrogen-bond acceptors (Lipinski definition) is 8. The molecule has 4 N–H and O–H groups in total.